The van der Waals surface area contributed by atoms with Crippen LogP contribution in [0.25, 0.3) is 11.0 Å². The van der Waals surface area contributed by atoms with Gasteiger partial charge in [0, 0.05) is 11.5 Å². The molecule has 0 fully saturated rings. The number of benzene rings is 1. The van der Waals surface area contributed by atoms with Crippen molar-refractivity contribution in [3.8, 4) is 0 Å². The largest absolute Gasteiger partial charge is 0.257 e. The highest BCUT2D eigenvalue weighted by Gasteiger charge is 2.14. The molecule has 4 heteroatoms. The first-order valence-corrected chi connectivity index (χ1v) is 7.44. The third-order valence-electron chi connectivity index (χ3n) is 3.16. The summed E-state index contributed by atoms with van der Waals surface area (Å²) in [5.74, 6) is 0. The van der Waals surface area contributed by atoms with Crippen LogP contribution in [-0.2, 0) is 13.1 Å². The van der Waals surface area contributed by atoms with Gasteiger partial charge in [-0.1, -0.05) is 34.1 Å². The minimum atomic E-state index is 0.802. The number of nitrogens with zero attached hydrogens (tertiary/aromatic N) is 3. The van der Waals surface area contributed by atoms with Crippen molar-refractivity contribution >= 4 is 27.0 Å². The Morgan fingerprint density at radius 1 is 1.11 bits per heavy atom. The van der Waals surface area contributed by atoms with Gasteiger partial charge in [0.05, 0.1) is 5.69 Å². The monoisotopic (exact) mass is 316 g/mol. The molecule has 3 nitrogen and oxygen atoms in total. The molecule has 0 amide bonds. The lowest BCUT2D eigenvalue weighted by Crippen LogP contribution is -2.33. The van der Waals surface area contributed by atoms with Gasteiger partial charge in [0.15, 0.2) is 11.0 Å². The molecule has 0 saturated heterocycles. The van der Waals surface area contributed by atoms with Crippen molar-refractivity contribution in [2.45, 2.75) is 13.1 Å². The van der Waals surface area contributed by atoms with E-state index >= 15 is 0 Å². The zero-order valence-electron chi connectivity index (χ0n) is 10.5. The molecule has 0 saturated carbocycles. The van der Waals surface area contributed by atoms with E-state index < -0.39 is 0 Å². The van der Waals surface area contributed by atoms with Crippen molar-refractivity contribution in [1.82, 2.24) is 9.55 Å². The molecule has 0 spiro atoms. The number of hydrogen-bond donors (Lipinski definition) is 0. The normalized spacial score (nSPS) is 11.0. The van der Waals surface area contributed by atoms with Gasteiger partial charge in [0.1, 0.15) is 13.1 Å². The van der Waals surface area contributed by atoms with Gasteiger partial charge in [-0.25, -0.2) is 9.13 Å². The Kier molecular flexibility index (Phi) is 3.60. The Hall–Kier alpha value is -1.68. The predicted molar refractivity (Wildman–Crippen MR) is 79.3 cm³/mol. The molecule has 0 aliphatic rings. The lowest BCUT2D eigenvalue weighted by molar-refractivity contribution is -0.663. The van der Waals surface area contributed by atoms with Gasteiger partial charge < -0.3 is 0 Å². The van der Waals surface area contributed by atoms with Gasteiger partial charge in [0.2, 0.25) is 6.33 Å². The number of hydrogen-bond acceptors (Lipinski definition) is 1. The summed E-state index contributed by atoms with van der Waals surface area (Å²) in [4.78, 5) is 4.40. The highest BCUT2D eigenvalue weighted by molar-refractivity contribution is 9.09. The lowest BCUT2D eigenvalue weighted by Gasteiger charge is -1.96. The van der Waals surface area contributed by atoms with Crippen LogP contribution in [-0.4, -0.2) is 14.9 Å². The number of aromatic nitrogens is 3. The highest BCUT2D eigenvalue weighted by Crippen LogP contribution is 2.11. The Balaban J connectivity index is 2.03. The van der Waals surface area contributed by atoms with Crippen LogP contribution in [0.3, 0.4) is 0 Å². The first-order valence-electron chi connectivity index (χ1n) is 6.31. The molecule has 96 valence electrons. The number of halogens is 1. The summed E-state index contributed by atoms with van der Waals surface area (Å²) in [6.07, 6.45) is 4.01. The predicted octanol–water partition coefficient (Wildman–Crippen LogP) is 2.77. The molecule has 0 aliphatic heterocycles. The van der Waals surface area contributed by atoms with Gasteiger partial charge in [0.25, 0.3) is 0 Å². The molecule has 2 heterocycles. The molecule has 0 N–H and O–H groups in total. The zero-order chi connectivity index (χ0) is 13.1. The lowest BCUT2D eigenvalue weighted by atomic mass is 10.3. The summed E-state index contributed by atoms with van der Waals surface area (Å²) >= 11 is 3.51. The number of fused-ring (bicyclic) bond motifs is 1. The van der Waals surface area contributed by atoms with Crippen molar-refractivity contribution in [1.29, 1.82) is 0 Å². The summed E-state index contributed by atoms with van der Waals surface area (Å²) in [6, 6.07) is 14.5. The first-order chi connectivity index (χ1) is 9.38. The summed E-state index contributed by atoms with van der Waals surface area (Å²) in [5, 5.41) is 0.954. The van der Waals surface area contributed by atoms with Gasteiger partial charge in [-0.05, 0) is 24.3 Å². The number of alkyl halides is 1. The molecular weight excluding hydrogens is 302 g/mol. The number of pyridine rings is 1. The van der Waals surface area contributed by atoms with Crippen molar-refractivity contribution < 1.29 is 4.57 Å². The number of rotatable bonds is 4. The summed E-state index contributed by atoms with van der Waals surface area (Å²) < 4.78 is 4.52. The third-order valence-corrected chi connectivity index (χ3v) is 3.52. The Morgan fingerprint density at radius 2 is 1.95 bits per heavy atom. The molecule has 0 atom stereocenters. The minimum Gasteiger partial charge on any atom is -0.257 e. The van der Waals surface area contributed by atoms with Gasteiger partial charge >= 0.3 is 0 Å². The molecular formula is C15H15BrN3+. The van der Waals surface area contributed by atoms with E-state index in [4.69, 9.17) is 0 Å². The fourth-order valence-electron chi connectivity index (χ4n) is 2.30. The highest BCUT2D eigenvalue weighted by atomic mass is 79.9. The molecule has 0 aliphatic carbocycles. The smallest absolute Gasteiger partial charge is 0.245 e. The van der Waals surface area contributed by atoms with E-state index in [9.17, 15) is 0 Å². The van der Waals surface area contributed by atoms with Crippen molar-refractivity contribution in [3.63, 3.8) is 0 Å². The maximum atomic E-state index is 4.40. The molecule has 19 heavy (non-hydrogen) atoms. The van der Waals surface area contributed by atoms with Gasteiger partial charge in [-0.2, -0.15) is 0 Å². The number of imidazole rings is 1. The van der Waals surface area contributed by atoms with E-state index in [0.29, 0.717) is 0 Å². The maximum absolute atomic E-state index is 4.40. The van der Waals surface area contributed by atoms with Crippen LogP contribution in [0.1, 0.15) is 5.69 Å². The maximum Gasteiger partial charge on any atom is 0.245 e. The molecule has 1 aromatic carbocycles. The summed E-state index contributed by atoms with van der Waals surface area (Å²) in [7, 11) is 0. The number of aryl methyl sites for hydroxylation is 1. The number of para-hydroxylation sites is 2. The van der Waals surface area contributed by atoms with Crippen LogP contribution < -0.4 is 4.57 Å². The summed E-state index contributed by atoms with van der Waals surface area (Å²) in [6.45, 7) is 1.77. The second kappa shape index (κ2) is 5.53. The molecule has 2 aromatic heterocycles. The van der Waals surface area contributed by atoms with E-state index in [1.807, 2.05) is 18.3 Å². The average molecular weight is 317 g/mol. The fraction of sp³-hybridized carbons (Fsp3) is 0.200. The zero-order valence-corrected chi connectivity index (χ0v) is 12.1. The topological polar surface area (TPSA) is 21.7 Å². The molecule has 3 aromatic rings. The van der Waals surface area contributed by atoms with Crippen LogP contribution in [0.5, 0.6) is 0 Å². The van der Waals surface area contributed by atoms with Crippen LogP contribution in [0, 0.1) is 0 Å². The second-order valence-electron chi connectivity index (χ2n) is 4.44. The van der Waals surface area contributed by atoms with E-state index in [0.717, 1.165) is 24.1 Å². The Labute approximate surface area is 120 Å². The van der Waals surface area contributed by atoms with Crippen molar-refractivity contribution in [2.75, 3.05) is 5.33 Å². The SMILES string of the molecule is BrCCn1c[n+](Cc2ccccn2)c2ccccc21. The van der Waals surface area contributed by atoms with E-state index in [1.54, 1.807) is 0 Å². The Morgan fingerprint density at radius 3 is 2.74 bits per heavy atom. The second-order valence-corrected chi connectivity index (χ2v) is 5.23. The van der Waals surface area contributed by atoms with E-state index in [2.05, 4.69) is 66.7 Å². The molecule has 0 bridgehead atoms. The first kappa shape index (κ1) is 12.4. The molecule has 3 rings (SSSR count). The van der Waals surface area contributed by atoms with Gasteiger partial charge in [-0.15, -0.1) is 0 Å². The van der Waals surface area contributed by atoms with Crippen LogP contribution in [0.4, 0.5) is 0 Å². The van der Waals surface area contributed by atoms with Crippen molar-refractivity contribution in [3.05, 3.63) is 60.7 Å². The fourth-order valence-corrected chi connectivity index (χ4v) is 2.69. The summed E-state index contributed by atoms with van der Waals surface area (Å²) in [5.41, 5.74) is 3.58. The van der Waals surface area contributed by atoms with Crippen LogP contribution in [0.2, 0.25) is 0 Å². The minimum absolute atomic E-state index is 0.802. The molecule has 0 unspecified atom stereocenters. The van der Waals surface area contributed by atoms with Crippen molar-refractivity contribution in [2.24, 2.45) is 0 Å². The molecule has 0 radical (unpaired) electrons. The van der Waals surface area contributed by atoms with Crippen LogP contribution >= 0.6 is 15.9 Å². The third kappa shape index (κ3) is 2.54. The van der Waals surface area contributed by atoms with Crippen LogP contribution in [0.15, 0.2) is 55.0 Å². The Bertz CT molecular complexity index is 676. The van der Waals surface area contributed by atoms with E-state index in [-0.39, 0.29) is 0 Å². The van der Waals surface area contributed by atoms with E-state index in [1.165, 1.54) is 11.0 Å². The quantitative estimate of drug-likeness (QED) is 0.536. The van der Waals surface area contributed by atoms with Gasteiger partial charge in [-0.3, -0.25) is 4.98 Å². The standard InChI is InChI=1S/C15H15BrN3/c16-8-10-18-12-19(11-13-5-3-4-9-17-13)15-7-2-1-6-14(15)18/h1-7,9,12H,8,10-11H2/q+1. The average Bonchev–Trinajstić information content (AvgIpc) is 2.79.